The first-order valence-electron chi connectivity index (χ1n) is 6.80. The summed E-state index contributed by atoms with van der Waals surface area (Å²) in [4.78, 5) is 24.8. The van der Waals surface area contributed by atoms with E-state index in [0.29, 0.717) is 18.7 Å². The Morgan fingerprint density at radius 2 is 1.76 bits per heavy atom. The highest BCUT2D eigenvalue weighted by atomic mass is 79.9. The van der Waals surface area contributed by atoms with Gasteiger partial charge in [0.25, 0.3) is 5.91 Å². The van der Waals surface area contributed by atoms with Crippen LogP contribution in [0.1, 0.15) is 10.4 Å². The Kier molecular flexibility index (Phi) is 4.15. The van der Waals surface area contributed by atoms with Gasteiger partial charge < -0.3 is 9.80 Å². The Hall–Kier alpha value is -1.95. The molecule has 3 rings (SSSR count). The normalized spacial score (nSPS) is 15.1. The van der Waals surface area contributed by atoms with E-state index >= 15 is 0 Å². The molecule has 0 atom stereocenters. The number of hydrogen-bond acceptors (Lipinski definition) is 4. The van der Waals surface area contributed by atoms with Gasteiger partial charge in [0, 0.05) is 54.8 Å². The highest BCUT2D eigenvalue weighted by Crippen LogP contribution is 2.17. The average Bonchev–Trinajstić information content (AvgIpc) is 2.56. The molecule has 2 aromatic rings. The molecule has 5 nitrogen and oxygen atoms in total. The van der Waals surface area contributed by atoms with Gasteiger partial charge in [0.2, 0.25) is 0 Å². The second-order valence-corrected chi connectivity index (χ2v) is 5.77. The molecular formula is C15H15BrN4O. The Morgan fingerprint density at radius 3 is 2.38 bits per heavy atom. The molecule has 21 heavy (non-hydrogen) atoms. The topological polar surface area (TPSA) is 49.3 Å². The van der Waals surface area contributed by atoms with Crippen molar-refractivity contribution in [2.24, 2.45) is 0 Å². The van der Waals surface area contributed by atoms with Crippen molar-refractivity contribution in [3.8, 4) is 0 Å². The van der Waals surface area contributed by atoms with Gasteiger partial charge in [-0.25, -0.2) is 4.98 Å². The van der Waals surface area contributed by atoms with E-state index in [2.05, 4.69) is 30.8 Å². The van der Waals surface area contributed by atoms with Crippen LogP contribution in [0.15, 0.2) is 47.3 Å². The summed E-state index contributed by atoms with van der Waals surface area (Å²) in [6.45, 7) is 3.01. The fraction of sp³-hybridized carbons (Fsp3) is 0.267. The summed E-state index contributed by atoms with van der Waals surface area (Å²) in [7, 11) is 0. The predicted molar refractivity (Wildman–Crippen MR) is 84.3 cm³/mol. The molecule has 0 aliphatic carbocycles. The van der Waals surface area contributed by atoms with Gasteiger partial charge >= 0.3 is 0 Å². The fourth-order valence-corrected chi connectivity index (χ4v) is 2.61. The zero-order chi connectivity index (χ0) is 14.7. The first-order valence-corrected chi connectivity index (χ1v) is 7.59. The minimum atomic E-state index is 0.0702. The van der Waals surface area contributed by atoms with Crippen molar-refractivity contribution < 1.29 is 4.79 Å². The molecule has 0 spiro atoms. The second kappa shape index (κ2) is 6.22. The molecule has 1 aliphatic rings. The van der Waals surface area contributed by atoms with Crippen molar-refractivity contribution in [2.45, 2.75) is 0 Å². The largest absolute Gasteiger partial charge is 0.353 e. The highest BCUT2D eigenvalue weighted by Gasteiger charge is 2.22. The monoisotopic (exact) mass is 346 g/mol. The summed E-state index contributed by atoms with van der Waals surface area (Å²) in [6, 6.07) is 7.48. The zero-order valence-electron chi connectivity index (χ0n) is 11.4. The van der Waals surface area contributed by atoms with Gasteiger partial charge in [-0.05, 0) is 40.2 Å². The average molecular weight is 347 g/mol. The lowest BCUT2D eigenvalue weighted by Crippen LogP contribution is -2.49. The number of carbonyl (C=O) groups is 1. The van der Waals surface area contributed by atoms with Crippen molar-refractivity contribution in [3.63, 3.8) is 0 Å². The summed E-state index contributed by atoms with van der Waals surface area (Å²) in [6.07, 6.45) is 5.09. The third-order valence-electron chi connectivity index (χ3n) is 3.53. The number of anilines is 1. The Labute approximate surface area is 131 Å². The maximum atomic E-state index is 12.3. The van der Waals surface area contributed by atoms with Crippen LogP contribution >= 0.6 is 15.9 Å². The van der Waals surface area contributed by atoms with Crippen LogP contribution in [0.3, 0.4) is 0 Å². The number of amides is 1. The van der Waals surface area contributed by atoms with Crippen LogP contribution in [-0.4, -0.2) is 47.0 Å². The number of hydrogen-bond donors (Lipinski definition) is 0. The highest BCUT2D eigenvalue weighted by molar-refractivity contribution is 9.10. The summed E-state index contributed by atoms with van der Waals surface area (Å²) >= 11 is 3.38. The summed E-state index contributed by atoms with van der Waals surface area (Å²) < 4.78 is 0.970. The van der Waals surface area contributed by atoms with E-state index in [1.54, 1.807) is 30.7 Å². The van der Waals surface area contributed by atoms with Gasteiger partial charge in [-0.15, -0.1) is 0 Å². The van der Waals surface area contributed by atoms with Crippen LogP contribution in [0.4, 0.5) is 5.82 Å². The molecule has 0 radical (unpaired) electrons. The first-order chi connectivity index (χ1) is 10.2. The SMILES string of the molecule is O=C(c1ccncc1)N1CCN(c2ccc(Br)cn2)CC1. The standard InChI is InChI=1S/C15H15BrN4O/c16-13-1-2-14(18-11-13)19-7-9-20(10-8-19)15(21)12-3-5-17-6-4-12/h1-6,11H,7-10H2. The van der Waals surface area contributed by atoms with E-state index in [1.165, 1.54) is 0 Å². The lowest BCUT2D eigenvalue weighted by atomic mass is 10.2. The molecule has 0 unspecified atom stereocenters. The smallest absolute Gasteiger partial charge is 0.254 e. The quantitative estimate of drug-likeness (QED) is 0.836. The van der Waals surface area contributed by atoms with Crippen LogP contribution < -0.4 is 4.90 Å². The van der Waals surface area contributed by atoms with E-state index < -0.39 is 0 Å². The van der Waals surface area contributed by atoms with E-state index in [0.717, 1.165) is 23.4 Å². The molecule has 0 aromatic carbocycles. The molecule has 3 heterocycles. The third kappa shape index (κ3) is 3.21. The second-order valence-electron chi connectivity index (χ2n) is 4.85. The molecule has 0 bridgehead atoms. The van der Waals surface area contributed by atoms with Crippen LogP contribution in [0, 0.1) is 0 Å². The predicted octanol–water partition coefficient (Wildman–Crippen LogP) is 2.20. The number of rotatable bonds is 2. The summed E-state index contributed by atoms with van der Waals surface area (Å²) in [5.41, 5.74) is 0.695. The minimum Gasteiger partial charge on any atom is -0.353 e. The fourth-order valence-electron chi connectivity index (χ4n) is 2.37. The van der Waals surface area contributed by atoms with Crippen molar-refractivity contribution in [1.82, 2.24) is 14.9 Å². The van der Waals surface area contributed by atoms with Gasteiger partial charge in [0.1, 0.15) is 5.82 Å². The maximum absolute atomic E-state index is 12.3. The van der Waals surface area contributed by atoms with E-state index in [9.17, 15) is 4.79 Å². The van der Waals surface area contributed by atoms with Crippen molar-refractivity contribution >= 4 is 27.7 Å². The van der Waals surface area contributed by atoms with Gasteiger partial charge in [-0.1, -0.05) is 0 Å². The van der Waals surface area contributed by atoms with Crippen LogP contribution in [0.25, 0.3) is 0 Å². The van der Waals surface area contributed by atoms with Gasteiger partial charge in [-0.2, -0.15) is 0 Å². The summed E-state index contributed by atoms with van der Waals surface area (Å²) in [5.74, 6) is 1.02. The molecule has 2 aromatic heterocycles. The number of halogens is 1. The molecular weight excluding hydrogens is 332 g/mol. The molecule has 1 aliphatic heterocycles. The Morgan fingerprint density at radius 1 is 1.05 bits per heavy atom. The molecule has 0 N–H and O–H groups in total. The number of carbonyl (C=O) groups excluding carboxylic acids is 1. The van der Waals surface area contributed by atoms with Crippen molar-refractivity contribution in [3.05, 3.63) is 52.9 Å². The van der Waals surface area contributed by atoms with E-state index in [4.69, 9.17) is 0 Å². The van der Waals surface area contributed by atoms with E-state index in [-0.39, 0.29) is 5.91 Å². The molecule has 1 amide bonds. The summed E-state index contributed by atoms with van der Waals surface area (Å²) in [5, 5.41) is 0. The number of piperazine rings is 1. The Balaban J connectivity index is 1.63. The zero-order valence-corrected chi connectivity index (χ0v) is 13.0. The Bertz CT molecular complexity index is 609. The van der Waals surface area contributed by atoms with Crippen molar-refractivity contribution in [2.75, 3.05) is 31.1 Å². The van der Waals surface area contributed by atoms with Crippen LogP contribution in [0.5, 0.6) is 0 Å². The van der Waals surface area contributed by atoms with Gasteiger partial charge in [-0.3, -0.25) is 9.78 Å². The number of nitrogens with zero attached hydrogens (tertiary/aromatic N) is 4. The first kappa shape index (κ1) is 14.0. The molecule has 108 valence electrons. The maximum Gasteiger partial charge on any atom is 0.254 e. The van der Waals surface area contributed by atoms with Crippen LogP contribution in [-0.2, 0) is 0 Å². The molecule has 1 fully saturated rings. The van der Waals surface area contributed by atoms with Crippen molar-refractivity contribution in [1.29, 1.82) is 0 Å². The van der Waals surface area contributed by atoms with Gasteiger partial charge in [0.15, 0.2) is 0 Å². The minimum absolute atomic E-state index is 0.0702. The lowest BCUT2D eigenvalue weighted by molar-refractivity contribution is 0.0746. The van der Waals surface area contributed by atoms with Gasteiger partial charge in [0.05, 0.1) is 0 Å². The van der Waals surface area contributed by atoms with Crippen LogP contribution in [0.2, 0.25) is 0 Å². The molecule has 0 saturated carbocycles. The molecule has 1 saturated heterocycles. The van der Waals surface area contributed by atoms with E-state index in [1.807, 2.05) is 17.0 Å². The number of pyridine rings is 2. The number of aromatic nitrogens is 2. The third-order valence-corrected chi connectivity index (χ3v) is 4.00. The molecule has 6 heteroatoms. The lowest BCUT2D eigenvalue weighted by Gasteiger charge is -2.35.